The number of aromatic nitrogens is 3. The van der Waals surface area contributed by atoms with Crippen molar-refractivity contribution in [2.45, 2.75) is 6.92 Å². The van der Waals surface area contributed by atoms with Crippen molar-refractivity contribution in [1.29, 1.82) is 0 Å². The van der Waals surface area contributed by atoms with Crippen LogP contribution in [-0.2, 0) is 0 Å². The highest BCUT2D eigenvalue weighted by molar-refractivity contribution is 5.28. The number of aryl methyl sites for hydroxylation is 1. The summed E-state index contributed by atoms with van der Waals surface area (Å²) in [6.07, 6.45) is 3.54. The first-order chi connectivity index (χ1) is 5.25. The maximum Gasteiger partial charge on any atom is 0.252 e. The molecule has 11 heavy (non-hydrogen) atoms. The SMILES string of the molecule is Cc1cn2ccc(=O)[nH]c2n1. The average molecular weight is 149 g/mol. The van der Waals surface area contributed by atoms with Crippen LogP contribution in [-0.4, -0.2) is 14.4 Å². The summed E-state index contributed by atoms with van der Waals surface area (Å²) in [4.78, 5) is 17.5. The molecule has 0 aliphatic rings. The van der Waals surface area contributed by atoms with E-state index in [0.29, 0.717) is 5.78 Å². The molecule has 0 saturated carbocycles. The summed E-state index contributed by atoms with van der Waals surface area (Å²) in [6, 6.07) is 1.47. The molecule has 0 unspecified atom stereocenters. The minimum Gasteiger partial charge on any atom is -0.292 e. The second kappa shape index (κ2) is 1.95. The molecule has 1 N–H and O–H groups in total. The van der Waals surface area contributed by atoms with Crippen molar-refractivity contribution in [1.82, 2.24) is 14.4 Å². The van der Waals surface area contributed by atoms with E-state index in [1.165, 1.54) is 6.07 Å². The lowest BCUT2D eigenvalue weighted by Gasteiger charge is -1.87. The highest BCUT2D eigenvalue weighted by atomic mass is 16.1. The normalized spacial score (nSPS) is 10.6. The molecule has 2 heterocycles. The lowest BCUT2D eigenvalue weighted by atomic mass is 10.6. The van der Waals surface area contributed by atoms with Gasteiger partial charge in [-0.1, -0.05) is 0 Å². The summed E-state index contributed by atoms with van der Waals surface area (Å²) < 4.78 is 1.77. The molecule has 0 fully saturated rings. The van der Waals surface area contributed by atoms with Crippen LogP contribution in [0, 0.1) is 6.92 Å². The Morgan fingerprint density at radius 1 is 1.64 bits per heavy atom. The Hall–Kier alpha value is -1.58. The number of nitrogens with one attached hydrogen (secondary N) is 1. The highest BCUT2D eigenvalue weighted by Crippen LogP contribution is 1.96. The fraction of sp³-hybridized carbons (Fsp3) is 0.143. The Labute approximate surface area is 62.5 Å². The van der Waals surface area contributed by atoms with Gasteiger partial charge in [-0.2, -0.15) is 0 Å². The Morgan fingerprint density at radius 3 is 3.27 bits per heavy atom. The van der Waals surface area contributed by atoms with E-state index in [1.54, 1.807) is 10.6 Å². The Kier molecular flexibility index (Phi) is 1.09. The number of fused-ring (bicyclic) bond motifs is 1. The van der Waals surface area contributed by atoms with Crippen LogP contribution in [0.15, 0.2) is 23.3 Å². The van der Waals surface area contributed by atoms with Gasteiger partial charge in [-0.25, -0.2) is 4.98 Å². The first-order valence-electron chi connectivity index (χ1n) is 3.30. The fourth-order valence-corrected chi connectivity index (χ4v) is 1.02. The molecule has 0 aliphatic heterocycles. The smallest absolute Gasteiger partial charge is 0.252 e. The van der Waals surface area contributed by atoms with Crippen molar-refractivity contribution < 1.29 is 0 Å². The molecule has 0 aliphatic carbocycles. The van der Waals surface area contributed by atoms with Crippen molar-refractivity contribution in [3.63, 3.8) is 0 Å². The van der Waals surface area contributed by atoms with Gasteiger partial charge in [-0.05, 0) is 6.92 Å². The van der Waals surface area contributed by atoms with Crippen LogP contribution in [0.4, 0.5) is 0 Å². The third-order valence-electron chi connectivity index (χ3n) is 1.47. The van der Waals surface area contributed by atoms with Crippen molar-refractivity contribution in [3.8, 4) is 0 Å². The molecule has 0 amide bonds. The van der Waals surface area contributed by atoms with E-state index in [1.807, 2.05) is 13.1 Å². The average Bonchev–Trinajstić information content (AvgIpc) is 2.27. The van der Waals surface area contributed by atoms with Gasteiger partial charge in [0.15, 0.2) is 0 Å². The molecular formula is C7H7N3O. The van der Waals surface area contributed by atoms with E-state index in [0.717, 1.165) is 5.69 Å². The van der Waals surface area contributed by atoms with Crippen LogP contribution in [0.25, 0.3) is 5.78 Å². The van der Waals surface area contributed by atoms with Gasteiger partial charge in [0.05, 0.1) is 5.69 Å². The van der Waals surface area contributed by atoms with Crippen molar-refractivity contribution in [3.05, 3.63) is 34.5 Å². The lowest BCUT2D eigenvalue weighted by Crippen LogP contribution is -2.05. The fourth-order valence-electron chi connectivity index (χ4n) is 1.02. The second-order valence-corrected chi connectivity index (χ2v) is 2.42. The van der Waals surface area contributed by atoms with E-state index in [-0.39, 0.29) is 5.56 Å². The van der Waals surface area contributed by atoms with Gasteiger partial charge < -0.3 is 0 Å². The predicted octanol–water partition coefficient (Wildman–Crippen LogP) is 0.331. The van der Waals surface area contributed by atoms with Gasteiger partial charge in [0, 0.05) is 18.5 Å². The summed E-state index contributed by atoms with van der Waals surface area (Å²) >= 11 is 0. The van der Waals surface area contributed by atoms with Crippen LogP contribution >= 0.6 is 0 Å². The number of imidazole rings is 1. The lowest BCUT2D eigenvalue weighted by molar-refractivity contribution is 1.08. The van der Waals surface area contributed by atoms with Crippen molar-refractivity contribution in [2.24, 2.45) is 0 Å². The number of H-pyrrole nitrogens is 1. The quantitative estimate of drug-likeness (QED) is 0.586. The molecule has 0 radical (unpaired) electrons. The molecule has 0 aromatic carbocycles. The van der Waals surface area contributed by atoms with Crippen LogP contribution in [0.1, 0.15) is 5.69 Å². The third kappa shape index (κ3) is 0.920. The van der Waals surface area contributed by atoms with Gasteiger partial charge in [-0.15, -0.1) is 0 Å². The number of rotatable bonds is 0. The molecule has 56 valence electrons. The summed E-state index contributed by atoms with van der Waals surface area (Å²) in [5, 5.41) is 0. The molecule has 4 nitrogen and oxygen atoms in total. The molecule has 2 rings (SSSR count). The third-order valence-corrected chi connectivity index (χ3v) is 1.47. The number of nitrogens with zero attached hydrogens (tertiary/aromatic N) is 2. The number of hydrogen-bond acceptors (Lipinski definition) is 2. The van der Waals surface area contributed by atoms with Crippen LogP contribution in [0.5, 0.6) is 0 Å². The van der Waals surface area contributed by atoms with E-state index >= 15 is 0 Å². The van der Waals surface area contributed by atoms with Gasteiger partial charge >= 0.3 is 0 Å². The minimum atomic E-state index is -0.122. The number of hydrogen-bond donors (Lipinski definition) is 1. The van der Waals surface area contributed by atoms with E-state index in [9.17, 15) is 4.79 Å². The molecule has 0 spiro atoms. The monoisotopic (exact) mass is 149 g/mol. The highest BCUT2D eigenvalue weighted by Gasteiger charge is 1.95. The molecule has 4 heteroatoms. The topological polar surface area (TPSA) is 50.2 Å². The van der Waals surface area contributed by atoms with Crippen molar-refractivity contribution >= 4 is 5.78 Å². The standard InChI is InChI=1S/C7H7N3O/c1-5-4-10-3-2-6(11)9-7(10)8-5/h2-4H,1H3,(H,8,9,11). The molecular weight excluding hydrogens is 142 g/mol. The van der Waals surface area contributed by atoms with Gasteiger partial charge in [0.1, 0.15) is 0 Å². The Balaban J connectivity index is 2.92. The summed E-state index contributed by atoms with van der Waals surface area (Å²) in [5.41, 5.74) is 0.773. The zero-order valence-corrected chi connectivity index (χ0v) is 6.03. The van der Waals surface area contributed by atoms with Gasteiger partial charge in [0.2, 0.25) is 5.78 Å². The maximum atomic E-state index is 10.8. The minimum absolute atomic E-state index is 0.122. The van der Waals surface area contributed by atoms with E-state index in [2.05, 4.69) is 9.97 Å². The second-order valence-electron chi connectivity index (χ2n) is 2.42. The summed E-state index contributed by atoms with van der Waals surface area (Å²) in [6.45, 7) is 1.88. The zero-order chi connectivity index (χ0) is 7.84. The van der Waals surface area contributed by atoms with Crippen molar-refractivity contribution in [2.75, 3.05) is 0 Å². The maximum absolute atomic E-state index is 10.8. The van der Waals surface area contributed by atoms with Crippen LogP contribution in [0.3, 0.4) is 0 Å². The molecule has 2 aromatic heterocycles. The molecule has 0 atom stereocenters. The first kappa shape index (κ1) is 6.15. The first-order valence-corrected chi connectivity index (χ1v) is 3.30. The van der Waals surface area contributed by atoms with Gasteiger partial charge in [0.25, 0.3) is 5.56 Å². The zero-order valence-electron chi connectivity index (χ0n) is 6.03. The summed E-state index contributed by atoms with van der Waals surface area (Å²) in [5.74, 6) is 0.593. The largest absolute Gasteiger partial charge is 0.292 e. The Bertz CT molecular complexity index is 440. The molecule has 0 saturated heterocycles. The molecule has 2 aromatic rings. The summed E-state index contributed by atoms with van der Waals surface area (Å²) in [7, 11) is 0. The van der Waals surface area contributed by atoms with Crippen LogP contribution in [0.2, 0.25) is 0 Å². The predicted molar refractivity (Wildman–Crippen MR) is 40.5 cm³/mol. The van der Waals surface area contributed by atoms with E-state index in [4.69, 9.17) is 0 Å². The van der Waals surface area contributed by atoms with Crippen LogP contribution < -0.4 is 5.56 Å². The van der Waals surface area contributed by atoms with E-state index < -0.39 is 0 Å². The molecule has 0 bridgehead atoms. The number of aromatic amines is 1. The van der Waals surface area contributed by atoms with Gasteiger partial charge in [-0.3, -0.25) is 14.2 Å². The Morgan fingerprint density at radius 2 is 2.45 bits per heavy atom.